The Morgan fingerprint density at radius 3 is 2.72 bits per heavy atom. The van der Waals surface area contributed by atoms with E-state index < -0.39 is 0 Å². The quantitative estimate of drug-likeness (QED) is 0.552. The first-order chi connectivity index (χ1) is 13.9. The number of methoxy groups -OCH3 is 1. The summed E-state index contributed by atoms with van der Waals surface area (Å²) in [6.07, 6.45) is 2.66. The first-order valence-electron chi connectivity index (χ1n) is 9.32. The van der Waals surface area contributed by atoms with Gasteiger partial charge in [-0.15, -0.1) is 0 Å². The first-order valence-corrected chi connectivity index (χ1v) is 10.1. The maximum Gasteiger partial charge on any atom is 0.261 e. The number of rotatable bonds is 4. The molecule has 0 amide bonds. The van der Waals surface area contributed by atoms with E-state index in [2.05, 4.69) is 0 Å². The number of fused-ring (bicyclic) bond motifs is 2. The van der Waals surface area contributed by atoms with Gasteiger partial charge in [0.2, 0.25) is 0 Å². The van der Waals surface area contributed by atoms with E-state index in [1.807, 2.05) is 32.1 Å². The predicted molar refractivity (Wildman–Crippen MR) is 117 cm³/mol. The van der Waals surface area contributed by atoms with E-state index in [1.165, 1.54) is 0 Å². The van der Waals surface area contributed by atoms with Crippen molar-refractivity contribution in [2.24, 2.45) is 0 Å². The standard InChI is InChI=1S/C22H20Cl2N2O3/c1-12(2)29-20-17(24)9-13(10-19(20)28-3)8-14-6-7-26-21(14)25-18-11-15(23)4-5-16(18)22(26)27/h4-5,8-12H,6-7H2,1-3H3/b14-8+. The van der Waals surface area contributed by atoms with Gasteiger partial charge >= 0.3 is 0 Å². The molecule has 7 heteroatoms. The second-order valence-electron chi connectivity index (χ2n) is 7.17. The Bertz CT molecular complexity index is 1200. The van der Waals surface area contributed by atoms with Crippen molar-refractivity contribution in [3.8, 4) is 11.5 Å². The molecular formula is C22H20Cl2N2O3. The average Bonchev–Trinajstić information content (AvgIpc) is 3.06. The van der Waals surface area contributed by atoms with Crippen LogP contribution in [-0.4, -0.2) is 22.8 Å². The van der Waals surface area contributed by atoms with Crippen LogP contribution in [0.15, 0.2) is 35.1 Å². The molecule has 1 aromatic heterocycles. The van der Waals surface area contributed by atoms with E-state index in [4.69, 9.17) is 37.7 Å². The molecule has 0 aliphatic carbocycles. The zero-order valence-corrected chi connectivity index (χ0v) is 17.8. The van der Waals surface area contributed by atoms with Crippen LogP contribution < -0.4 is 15.0 Å². The Morgan fingerprint density at radius 1 is 1.21 bits per heavy atom. The third kappa shape index (κ3) is 3.72. The summed E-state index contributed by atoms with van der Waals surface area (Å²) >= 11 is 12.5. The molecule has 5 nitrogen and oxygen atoms in total. The number of allylic oxidation sites excluding steroid dienone is 1. The average molecular weight is 431 g/mol. The van der Waals surface area contributed by atoms with Crippen molar-refractivity contribution < 1.29 is 9.47 Å². The Balaban J connectivity index is 1.81. The van der Waals surface area contributed by atoms with E-state index in [0.29, 0.717) is 51.2 Å². The zero-order valence-electron chi connectivity index (χ0n) is 16.3. The van der Waals surface area contributed by atoms with Crippen molar-refractivity contribution in [3.63, 3.8) is 0 Å². The largest absolute Gasteiger partial charge is 0.493 e. The van der Waals surface area contributed by atoms with Crippen LogP contribution >= 0.6 is 23.2 Å². The van der Waals surface area contributed by atoms with Gasteiger partial charge in [0.25, 0.3) is 5.56 Å². The summed E-state index contributed by atoms with van der Waals surface area (Å²) < 4.78 is 12.9. The summed E-state index contributed by atoms with van der Waals surface area (Å²) in [5, 5.41) is 1.59. The van der Waals surface area contributed by atoms with Crippen LogP contribution in [0.2, 0.25) is 10.0 Å². The van der Waals surface area contributed by atoms with Gasteiger partial charge in [0, 0.05) is 11.6 Å². The maximum atomic E-state index is 12.8. The number of benzene rings is 2. The number of halogens is 2. The fourth-order valence-electron chi connectivity index (χ4n) is 3.50. The lowest BCUT2D eigenvalue weighted by Gasteiger charge is -2.15. The third-order valence-corrected chi connectivity index (χ3v) is 5.27. The van der Waals surface area contributed by atoms with Crippen molar-refractivity contribution in [2.45, 2.75) is 32.9 Å². The van der Waals surface area contributed by atoms with Gasteiger partial charge in [-0.2, -0.15) is 0 Å². The van der Waals surface area contributed by atoms with Crippen LogP contribution in [0.25, 0.3) is 22.6 Å². The minimum atomic E-state index is -0.0543. The van der Waals surface area contributed by atoms with Crippen LogP contribution in [-0.2, 0) is 6.54 Å². The number of nitrogens with zero attached hydrogens (tertiary/aromatic N) is 2. The van der Waals surface area contributed by atoms with Gasteiger partial charge in [0.15, 0.2) is 11.5 Å². The molecule has 0 radical (unpaired) electrons. The summed E-state index contributed by atoms with van der Waals surface area (Å²) in [5.74, 6) is 1.74. The summed E-state index contributed by atoms with van der Waals surface area (Å²) in [5.41, 5.74) is 2.35. The Hall–Kier alpha value is -2.50. The molecule has 4 rings (SSSR count). The second-order valence-corrected chi connectivity index (χ2v) is 8.02. The van der Waals surface area contributed by atoms with E-state index in [1.54, 1.807) is 29.9 Å². The molecular weight excluding hydrogens is 411 g/mol. The lowest BCUT2D eigenvalue weighted by Crippen LogP contribution is -2.20. The fraction of sp³-hybridized carbons (Fsp3) is 0.273. The van der Waals surface area contributed by atoms with Gasteiger partial charge in [-0.25, -0.2) is 4.98 Å². The second kappa shape index (κ2) is 7.73. The van der Waals surface area contributed by atoms with E-state index in [0.717, 1.165) is 11.1 Å². The Labute approximate surface area is 178 Å². The normalized spacial score (nSPS) is 14.6. The van der Waals surface area contributed by atoms with Gasteiger partial charge in [0.1, 0.15) is 5.82 Å². The molecule has 0 bridgehead atoms. The molecule has 0 saturated heterocycles. The molecule has 0 unspecified atom stereocenters. The van der Waals surface area contributed by atoms with Crippen molar-refractivity contribution in [1.82, 2.24) is 9.55 Å². The van der Waals surface area contributed by atoms with Crippen LogP contribution in [0.5, 0.6) is 11.5 Å². The summed E-state index contributed by atoms with van der Waals surface area (Å²) in [7, 11) is 1.58. The SMILES string of the molecule is COc1cc(/C=C2\CCn3c2nc2cc(Cl)ccc2c3=O)cc(Cl)c1OC(C)C. The van der Waals surface area contributed by atoms with Gasteiger partial charge in [0.05, 0.1) is 29.1 Å². The molecule has 0 fully saturated rings. The molecule has 0 saturated carbocycles. The highest BCUT2D eigenvalue weighted by molar-refractivity contribution is 6.32. The fourth-order valence-corrected chi connectivity index (χ4v) is 3.93. The van der Waals surface area contributed by atoms with E-state index in [9.17, 15) is 4.79 Å². The van der Waals surface area contributed by atoms with Gasteiger partial charge < -0.3 is 9.47 Å². The minimum absolute atomic E-state index is 0.0245. The number of hydrogen-bond donors (Lipinski definition) is 0. The molecule has 1 aliphatic heterocycles. The topological polar surface area (TPSA) is 53.4 Å². The number of hydrogen-bond acceptors (Lipinski definition) is 4. The van der Waals surface area contributed by atoms with Crippen molar-refractivity contribution >= 4 is 45.8 Å². The molecule has 29 heavy (non-hydrogen) atoms. The molecule has 0 spiro atoms. The molecule has 1 aliphatic rings. The minimum Gasteiger partial charge on any atom is -0.493 e. The van der Waals surface area contributed by atoms with Gasteiger partial charge in [-0.3, -0.25) is 9.36 Å². The van der Waals surface area contributed by atoms with Gasteiger partial charge in [-0.05, 0) is 67.8 Å². The lowest BCUT2D eigenvalue weighted by atomic mass is 10.1. The zero-order chi connectivity index (χ0) is 20.7. The van der Waals surface area contributed by atoms with Crippen LogP contribution in [0.4, 0.5) is 0 Å². The van der Waals surface area contributed by atoms with Crippen LogP contribution in [0, 0.1) is 0 Å². The summed E-state index contributed by atoms with van der Waals surface area (Å²) in [6.45, 7) is 4.45. The Kier molecular flexibility index (Phi) is 5.28. The Morgan fingerprint density at radius 2 is 2.00 bits per heavy atom. The predicted octanol–water partition coefficient (Wildman–Crippen LogP) is 5.44. The highest BCUT2D eigenvalue weighted by atomic mass is 35.5. The van der Waals surface area contributed by atoms with E-state index >= 15 is 0 Å². The summed E-state index contributed by atoms with van der Waals surface area (Å²) in [4.78, 5) is 17.5. The van der Waals surface area contributed by atoms with Crippen LogP contribution in [0.3, 0.4) is 0 Å². The molecule has 0 N–H and O–H groups in total. The molecule has 2 aromatic carbocycles. The molecule has 0 atom stereocenters. The lowest BCUT2D eigenvalue weighted by molar-refractivity contribution is 0.230. The summed E-state index contributed by atoms with van der Waals surface area (Å²) in [6, 6.07) is 8.84. The monoisotopic (exact) mass is 430 g/mol. The maximum absolute atomic E-state index is 12.8. The molecule has 3 aromatic rings. The highest BCUT2D eigenvalue weighted by Crippen LogP contribution is 2.38. The van der Waals surface area contributed by atoms with Crippen LogP contribution in [0.1, 0.15) is 31.7 Å². The van der Waals surface area contributed by atoms with Crippen molar-refractivity contribution in [2.75, 3.05) is 7.11 Å². The number of aromatic nitrogens is 2. The van der Waals surface area contributed by atoms with E-state index in [-0.39, 0.29) is 11.7 Å². The molecule has 2 heterocycles. The van der Waals surface area contributed by atoms with Crippen molar-refractivity contribution in [1.29, 1.82) is 0 Å². The molecule has 150 valence electrons. The van der Waals surface area contributed by atoms with Gasteiger partial charge in [-0.1, -0.05) is 23.2 Å². The number of ether oxygens (including phenoxy) is 2. The first kappa shape index (κ1) is 19.8. The smallest absolute Gasteiger partial charge is 0.261 e. The van der Waals surface area contributed by atoms with Crippen molar-refractivity contribution in [3.05, 3.63) is 62.1 Å². The third-order valence-electron chi connectivity index (χ3n) is 4.76. The highest BCUT2D eigenvalue weighted by Gasteiger charge is 2.21.